The Bertz CT molecular complexity index is 1160. The molecule has 4 N–H and O–H groups in total. The number of amides is 2. The van der Waals surface area contributed by atoms with E-state index in [0.29, 0.717) is 6.42 Å². The zero-order valence-electron chi connectivity index (χ0n) is 25.1. The third-order valence-corrected chi connectivity index (χ3v) is 10.8. The third-order valence-electron chi connectivity index (χ3n) is 8.04. The number of amidine groups is 1. The summed E-state index contributed by atoms with van der Waals surface area (Å²) < 4.78 is 31.0. The van der Waals surface area contributed by atoms with Crippen molar-refractivity contribution in [3.63, 3.8) is 0 Å². The van der Waals surface area contributed by atoms with Gasteiger partial charge in [0.15, 0.2) is 11.3 Å². The van der Waals surface area contributed by atoms with Crippen LogP contribution in [-0.4, -0.2) is 118 Å². The molecule has 15 heteroatoms. The normalized spacial score (nSPS) is 29.5. The fourth-order valence-corrected chi connectivity index (χ4v) is 7.47. The first-order valence-electron chi connectivity index (χ1n) is 14.8. The van der Waals surface area contributed by atoms with Crippen LogP contribution in [0.5, 0.6) is 0 Å². The van der Waals surface area contributed by atoms with Crippen molar-refractivity contribution in [2.75, 3.05) is 51.8 Å². The number of carbonyl (C=O) groups is 2. The van der Waals surface area contributed by atoms with Crippen LogP contribution >= 0.6 is 19.5 Å². The molecule has 1 unspecified atom stereocenters. The smallest absolute Gasteiger partial charge is 0.395 e. The minimum atomic E-state index is -3.98. The quantitative estimate of drug-likeness (QED) is 0.171. The van der Waals surface area contributed by atoms with Gasteiger partial charge in [-0.25, -0.2) is 14.4 Å². The first kappa shape index (κ1) is 34.3. The van der Waals surface area contributed by atoms with Crippen LogP contribution in [0.2, 0.25) is 0 Å². The van der Waals surface area contributed by atoms with Crippen LogP contribution in [0.4, 0.5) is 4.79 Å². The minimum absolute atomic E-state index is 0.0921. The van der Waals surface area contributed by atoms with Gasteiger partial charge in [-0.1, -0.05) is 30.0 Å². The number of likely N-dealkylation sites (tertiary alicyclic amines) is 1. The van der Waals surface area contributed by atoms with Crippen LogP contribution in [0.3, 0.4) is 0 Å². The van der Waals surface area contributed by atoms with Gasteiger partial charge < -0.3 is 25.0 Å². The van der Waals surface area contributed by atoms with Gasteiger partial charge in [0.2, 0.25) is 0 Å². The molecule has 0 aromatic carbocycles. The third kappa shape index (κ3) is 8.56. The number of thioether (sulfide) groups is 1. The molecular formula is C28H45N4O9PS. The second kappa shape index (κ2) is 14.7. The summed E-state index contributed by atoms with van der Waals surface area (Å²) in [6, 6.07) is -0.548. The number of aliphatic imine (C=N–C) groups is 1. The Kier molecular flexibility index (Phi) is 11.7. The van der Waals surface area contributed by atoms with Crippen LogP contribution in [0.1, 0.15) is 52.9 Å². The molecule has 2 amide bonds. The predicted octanol–water partition coefficient (Wildman–Crippen LogP) is 2.43. The Labute approximate surface area is 257 Å². The average molecular weight is 645 g/mol. The van der Waals surface area contributed by atoms with E-state index in [4.69, 9.17) is 13.8 Å². The van der Waals surface area contributed by atoms with E-state index < -0.39 is 49.8 Å². The molecule has 1 aliphatic carbocycles. The summed E-state index contributed by atoms with van der Waals surface area (Å²) in [5.41, 5.74) is -1.84. The van der Waals surface area contributed by atoms with E-state index in [1.54, 1.807) is 13.8 Å². The molecule has 3 heterocycles. The Morgan fingerprint density at radius 2 is 2.02 bits per heavy atom. The Morgan fingerprint density at radius 1 is 1.28 bits per heavy atom. The van der Waals surface area contributed by atoms with Crippen molar-refractivity contribution in [2.45, 2.75) is 76.9 Å². The lowest BCUT2D eigenvalue weighted by Crippen LogP contribution is -2.56. The zero-order chi connectivity index (χ0) is 31.3. The van der Waals surface area contributed by atoms with Gasteiger partial charge in [0.1, 0.15) is 23.6 Å². The number of hydrogen-bond donors (Lipinski definition) is 4. The van der Waals surface area contributed by atoms with Gasteiger partial charge in [0.25, 0.3) is 0 Å². The molecule has 2 saturated heterocycles. The summed E-state index contributed by atoms with van der Waals surface area (Å²) in [5.74, 6) is 0.902. The highest BCUT2D eigenvalue weighted by Crippen LogP contribution is 2.46. The summed E-state index contributed by atoms with van der Waals surface area (Å²) in [6.45, 7) is 6.05. The van der Waals surface area contributed by atoms with Gasteiger partial charge in [-0.05, 0) is 52.0 Å². The molecule has 3 aliphatic heterocycles. The van der Waals surface area contributed by atoms with Gasteiger partial charge >= 0.3 is 13.8 Å². The summed E-state index contributed by atoms with van der Waals surface area (Å²) in [5, 5.41) is 34.2. The average Bonchev–Trinajstić information content (AvgIpc) is 3.61. The minimum Gasteiger partial charge on any atom is -0.395 e. The number of nitrogens with one attached hydrogen (secondary N) is 1. The molecule has 2 fully saturated rings. The molecule has 0 aromatic rings. The van der Waals surface area contributed by atoms with Crippen molar-refractivity contribution in [1.29, 1.82) is 0 Å². The van der Waals surface area contributed by atoms with Gasteiger partial charge in [-0.2, -0.15) is 4.99 Å². The standard InChI is InChI=1S/C28H45N4O9PS/c1-27(2,19-33)25(35)43-16-15-39-42(38,29-17-20-9-5-4-6-10-20)40-18-21-23(34)28(3,37)24(41-21)32-14-11-22(30-26(32)36)31-12-7-8-13-31/h5,9-10,21,23-24,33-34,37H,4,6-8,11-19H2,1-3H3,(H,29,38)/t21-,23-,24-,28-,42?/m1/s1. The van der Waals surface area contributed by atoms with Gasteiger partial charge in [0, 0.05) is 38.4 Å². The fourth-order valence-electron chi connectivity index (χ4n) is 5.23. The number of aliphatic hydroxyl groups excluding tert-OH is 2. The van der Waals surface area contributed by atoms with Gasteiger partial charge in [0.05, 0.1) is 25.2 Å². The highest BCUT2D eigenvalue weighted by Gasteiger charge is 2.56. The molecule has 0 spiro atoms. The molecule has 4 aliphatic rings. The molecule has 43 heavy (non-hydrogen) atoms. The number of ether oxygens (including phenoxy) is 1. The van der Waals surface area contributed by atoms with Crippen LogP contribution in [0, 0.1) is 5.41 Å². The van der Waals surface area contributed by atoms with Gasteiger partial charge in [-0.15, -0.1) is 0 Å². The molecule has 0 aromatic heterocycles. The van der Waals surface area contributed by atoms with Crippen LogP contribution in [0.25, 0.3) is 0 Å². The van der Waals surface area contributed by atoms with E-state index in [0.717, 1.165) is 61.9 Å². The first-order valence-corrected chi connectivity index (χ1v) is 17.4. The number of allylic oxidation sites excluding steroid dienone is 2. The fraction of sp³-hybridized carbons (Fsp3) is 0.750. The molecule has 242 valence electrons. The second-order valence-corrected chi connectivity index (χ2v) is 14.9. The van der Waals surface area contributed by atoms with Crippen molar-refractivity contribution < 1.29 is 43.3 Å². The molecule has 4 rings (SSSR count). The number of hydrogen-bond acceptors (Lipinski definition) is 11. The molecule has 0 bridgehead atoms. The lowest BCUT2D eigenvalue weighted by atomic mass is 9.96. The van der Waals surface area contributed by atoms with Crippen LogP contribution in [-0.2, 0) is 23.1 Å². The van der Waals surface area contributed by atoms with Crippen molar-refractivity contribution in [1.82, 2.24) is 14.9 Å². The first-order chi connectivity index (χ1) is 20.4. The Hall–Kier alpha value is -1.61. The lowest BCUT2D eigenvalue weighted by Gasteiger charge is -2.37. The summed E-state index contributed by atoms with van der Waals surface area (Å²) in [7, 11) is -3.98. The van der Waals surface area contributed by atoms with E-state index in [1.165, 1.54) is 11.8 Å². The summed E-state index contributed by atoms with van der Waals surface area (Å²) in [6.07, 6.45) is 6.59. The maximum Gasteiger partial charge on any atom is 0.405 e. The van der Waals surface area contributed by atoms with Crippen LogP contribution in [0.15, 0.2) is 28.8 Å². The maximum atomic E-state index is 13.7. The number of nitrogens with zero attached hydrogens (tertiary/aromatic N) is 3. The van der Waals surface area contributed by atoms with Crippen molar-refractivity contribution in [3.8, 4) is 0 Å². The number of aliphatic hydroxyl groups is 3. The summed E-state index contributed by atoms with van der Waals surface area (Å²) >= 11 is 0.963. The number of rotatable bonds is 13. The molecular weight excluding hydrogens is 599 g/mol. The predicted molar refractivity (Wildman–Crippen MR) is 163 cm³/mol. The van der Waals surface area contributed by atoms with E-state index in [1.807, 2.05) is 18.2 Å². The topological polar surface area (TPSA) is 170 Å². The number of carbonyl (C=O) groups excluding carboxylic acids is 2. The van der Waals surface area contributed by atoms with Crippen molar-refractivity contribution in [3.05, 3.63) is 23.8 Å². The Balaban J connectivity index is 1.38. The Morgan fingerprint density at radius 3 is 2.67 bits per heavy atom. The number of urea groups is 1. The highest BCUT2D eigenvalue weighted by atomic mass is 32.2. The van der Waals surface area contributed by atoms with E-state index in [-0.39, 0.29) is 37.2 Å². The van der Waals surface area contributed by atoms with Crippen molar-refractivity contribution >= 4 is 36.5 Å². The van der Waals surface area contributed by atoms with Crippen LogP contribution < -0.4 is 5.09 Å². The molecule has 0 saturated carbocycles. The molecule has 5 atom stereocenters. The van der Waals surface area contributed by atoms with Crippen molar-refractivity contribution in [2.24, 2.45) is 10.4 Å². The van der Waals surface area contributed by atoms with E-state index in [9.17, 15) is 29.5 Å². The maximum absolute atomic E-state index is 13.7. The lowest BCUT2D eigenvalue weighted by molar-refractivity contribution is -0.119. The second-order valence-electron chi connectivity index (χ2n) is 12.0. The molecule has 0 radical (unpaired) electrons. The summed E-state index contributed by atoms with van der Waals surface area (Å²) in [4.78, 5) is 32.9. The zero-order valence-corrected chi connectivity index (χ0v) is 26.9. The SMILES string of the molecule is CC(C)(CO)C(=O)SCCOP(=O)(NCC1=CCCC=C1)OC[C@H]1O[C@@H](N2CCC(N3CCCC3)=NC2=O)[C@](C)(O)[C@@H]1O. The monoisotopic (exact) mass is 644 g/mol. The van der Waals surface area contributed by atoms with E-state index >= 15 is 0 Å². The molecule has 13 nitrogen and oxygen atoms in total. The highest BCUT2D eigenvalue weighted by molar-refractivity contribution is 8.13. The van der Waals surface area contributed by atoms with E-state index in [2.05, 4.69) is 15.0 Å². The van der Waals surface area contributed by atoms with Gasteiger partial charge in [-0.3, -0.25) is 18.7 Å². The largest absolute Gasteiger partial charge is 0.405 e.